The van der Waals surface area contributed by atoms with Crippen molar-refractivity contribution in [2.45, 2.75) is 50.4 Å². The molecule has 4 nitrogen and oxygen atoms in total. The van der Waals surface area contributed by atoms with Crippen LogP contribution in [-0.2, 0) is 4.79 Å². The molecule has 4 N–H and O–H groups in total. The van der Waals surface area contributed by atoms with Crippen molar-refractivity contribution < 1.29 is 9.90 Å². The van der Waals surface area contributed by atoms with Gasteiger partial charge in [0.05, 0.1) is 12.6 Å². The normalized spacial score (nSPS) is 16.6. The topological polar surface area (TPSA) is 75.4 Å². The van der Waals surface area contributed by atoms with Crippen molar-refractivity contribution in [2.24, 2.45) is 5.73 Å². The number of thioether (sulfide) groups is 1. The summed E-state index contributed by atoms with van der Waals surface area (Å²) in [5.74, 6) is -0.117. The van der Waals surface area contributed by atoms with E-state index in [4.69, 9.17) is 10.8 Å². The number of amides is 1. The monoisotopic (exact) mass is 248 g/mol. The second-order valence-electron chi connectivity index (χ2n) is 4.00. The number of carbonyl (C=O) groups is 1. The Morgan fingerprint density at radius 1 is 1.56 bits per heavy atom. The van der Waals surface area contributed by atoms with Gasteiger partial charge in [-0.1, -0.05) is 19.8 Å². The van der Waals surface area contributed by atoms with Crippen molar-refractivity contribution >= 4 is 17.7 Å². The highest BCUT2D eigenvalue weighted by Crippen LogP contribution is 2.10. The first kappa shape index (κ1) is 15.7. The van der Waals surface area contributed by atoms with Crippen LogP contribution in [0.2, 0.25) is 0 Å². The molecule has 0 spiro atoms. The zero-order valence-electron chi connectivity index (χ0n) is 10.4. The summed E-state index contributed by atoms with van der Waals surface area (Å²) in [5.41, 5.74) is 5.75. The fourth-order valence-corrected chi connectivity index (χ4v) is 2.04. The van der Waals surface area contributed by atoms with Gasteiger partial charge in [-0.2, -0.15) is 11.8 Å². The van der Waals surface area contributed by atoms with Crippen molar-refractivity contribution in [1.29, 1.82) is 0 Å². The first-order chi connectivity index (χ1) is 7.56. The van der Waals surface area contributed by atoms with Gasteiger partial charge in [0, 0.05) is 11.3 Å². The lowest BCUT2D eigenvalue weighted by molar-refractivity contribution is -0.123. The van der Waals surface area contributed by atoms with Gasteiger partial charge in [-0.05, 0) is 19.6 Å². The number of nitrogens with one attached hydrogen (secondary N) is 1. The molecule has 5 heteroatoms. The number of aliphatic hydroxyl groups is 1. The Morgan fingerprint density at radius 3 is 2.62 bits per heavy atom. The van der Waals surface area contributed by atoms with Crippen LogP contribution in [-0.4, -0.2) is 41.2 Å². The maximum atomic E-state index is 11.7. The molecule has 0 heterocycles. The maximum Gasteiger partial charge on any atom is 0.237 e. The number of nitrogens with two attached hydrogens (primary N) is 1. The summed E-state index contributed by atoms with van der Waals surface area (Å²) in [6.07, 6.45) is 4.65. The molecule has 0 saturated carbocycles. The standard InChI is InChI=1S/C11H24N2O2S/c1-4-5-6-9(12)11(15)13-8(2)10(7-14)16-3/h8-10,14H,4-7,12H2,1-3H3,(H,13,15). The number of hydrogen-bond donors (Lipinski definition) is 3. The largest absolute Gasteiger partial charge is 0.395 e. The number of hydrogen-bond acceptors (Lipinski definition) is 4. The third-order valence-electron chi connectivity index (χ3n) is 2.62. The Morgan fingerprint density at radius 2 is 2.19 bits per heavy atom. The summed E-state index contributed by atoms with van der Waals surface area (Å²) in [4.78, 5) is 11.7. The van der Waals surface area contributed by atoms with E-state index in [1.165, 1.54) is 0 Å². The number of unbranched alkanes of at least 4 members (excludes halogenated alkanes) is 1. The lowest BCUT2D eigenvalue weighted by Crippen LogP contribution is -2.48. The Hall–Kier alpha value is -0.260. The van der Waals surface area contributed by atoms with Crippen molar-refractivity contribution in [3.05, 3.63) is 0 Å². The molecular weight excluding hydrogens is 224 g/mol. The average Bonchev–Trinajstić information content (AvgIpc) is 2.27. The van der Waals surface area contributed by atoms with Gasteiger partial charge in [0.2, 0.25) is 5.91 Å². The molecule has 0 aliphatic rings. The molecular formula is C11H24N2O2S. The minimum Gasteiger partial charge on any atom is -0.395 e. The zero-order valence-corrected chi connectivity index (χ0v) is 11.2. The average molecular weight is 248 g/mol. The van der Waals surface area contributed by atoms with Crippen LogP contribution in [0.25, 0.3) is 0 Å². The minimum absolute atomic E-state index is 0.0299. The second-order valence-corrected chi connectivity index (χ2v) is 5.08. The first-order valence-corrected chi connectivity index (χ1v) is 7.05. The quantitative estimate of drug-likeness (QED) is 0.592. The third kappa shape index (κ3) is 5.72. The summed E-state index contributed by atoms with van der Waals surface area (Å²) in [7, 11) is 0. The van der Waals surface area contributed by atoms with Crippen LogP contribution in [0.15, 0.2) is 0 Å². The van der Waals surface area contributed by atoms with Crippen molar-refractivity contribution in [3.8, 4) is 0 Å². The summed E-state index contributed by atoms with van der Waals surface area (Å²) in [6.45, 7) is 4.03. The molecule has 0 aromatic rings. The van der Waals surface area contributed by atoms with Gasteiger partial charge in [0.25, 0.3) is 0 Å². The SMILES string of the molecule is CCCCC(N)C(=O)NC(C)C(CO)SC. The van der Waals surface area contributed by atoms with Crippen LogP contribution in [0.5, 0.6) is 0 Å². The number of rotatable bonds is 8. The third-order valence-corrected chi connectivity index (χ3v) is 3.78. The molecule has 0 radical (unpaired) electrons. The predicted octanol–water partition coefficient (Wildman–Crippen LogP) is 0.733. The molecule has 0 fully saturated rings. The fraction of sp³-hybridized carbons (Fsp3) is 0.909. The Balaban J connectivity index is 4.01. The molecule has 0 aromatic carbocycles. The molecule has 3 atom stereocenters. The molecule has 96 valence electrons. The van der Waals surface area contributed by atoms with E-state index in [1.807, 2.05) is 13.2 Å². The van der Waals surface area contributed by atoms with E-state index < -0.39 is 6.04 Å². The summed E-state index contributed by atoms with van der Waals surface area (Å²) in [6, 6.07) is -0.483. The molecule has 0 aliphatic heterocycles. The van der Waals surface area contributed by atoms with Gasteiger partial charge >= 0.3 is 0 Å². The Labute approximate surface area is 102 Å². The van der Waals surface area contributed by atoms with Crippen LogP contribution in [0.1, 0.15) is 33.1 Å². The molecule has 16 heavy (non-hydrogen) atoms. The Bertz CT molecular complexity index is 198. The van der Waals surface area contributed by atoms with E-state index in [1.54, 1.807) is 11.8 Å². The lowest BCUT2D eigenvalue weighted by atomic mass is 10.1. The van der Waals surface area contributed by atoms with Crippen molar-refractivity contribution in [1.82, 2.24) is 5.32 Å². The highest BCUT2D eigenvalue weighted by Gasteiger charge is 2.20. The summed E-state index contributed by atoms with van der Waals surface area (Å²) in [5, 5.41) is 12.0. The highest BCUT2D eigenvalue weighted by molar-refractivity contribution is 7.99. The predicted molar refractivity (Wildman–Crippen MR) is 69.5 cm³/mol. The van der Waals surface area contributed by atoms with Gasteiger partial charge in [-0.15, -0.1) is 0 Å². The minimum atomic E-state index is -0.427. The Kier molecular flexibility index (Phi) is 8.70. The van der Waals surface area contributed by atoms with Crippen LogP contribution in [0.4, 0.5) is 0 Å². The van der Waals surface area contributed by atoms with E-state index in [9.17, 15) is 4.79 Å². The smallest absolute Gasteiger partial charge is 0.237 e. The van der Waals surface area contributed by atoms with E-state index in [2.05, 4.69) is 12.2 Å². The van der Waals surface area contributed by atoms with E-state index in [0.717, 1.165) is 19.3 Å². The second kappa shape index (κ2) is 8.84. The van der Waals surface area contributed by atoms with E-state index in [-0.39, 0.29) is 23.8 Å². The van der Waals surface area contributed by atoms with Crippen molar-refractivity contribution in [2.75, 3.05) is 12.9 Å². The summed E-state index contributed by atoms with van der Waals surface area (Å²) < 4.78 is 0. The molecule has 0 rings (SSSR count). The van der Waals surface area contributed by atoms with E-state index in [0.29, 0.717) is 0 Å². The molecule has 0 bridgehead atoms. The molecule has 3 unspecified atom stereocenters. The van der Waals surface area contributed by atoms with Crippen LogP contribution in [0.3, 0.4) is 0 Å². The van der Waals surface area contributed by atoms with Crippen LogP contribution < -0.4 is 11.1 Å². The number of carbonyl (C=O) groups excluding carboxylic acids is 1. The van der Waals surface area contributed by atoms with Crippen LogP contribution in [0, 0.1) is 0 Å². The number of aliphatic hydroxyl groups excluding tert-OH is 1. The lowest BCUT2D eigenvalue weighted by Gasteiger charge is -2.23. The highest BCUT2D eigenvalue weighted by atomic mass is 32.2. The first-order valence-electron chi connectivity index (χ1n) is 5.76. The van der Waals surface area contributed by atoms with Crippen LogP contribution >= 0.6 is 11.8 Å². The maximum absolute atomic E-state index is 11.7. The molecule has 0 aliphatic carbocycles. The molecule has 0 aromatic heterocycles. The molecule has 0 saturated heterocycles. The van der Waals surface area contributed by atoms with E-state index >= 15 is 0 Å². The summed E-state index contributed by atoms with van der Waals surface area (Å²) >= 11 is 1.54. The van der Waals surface area contributed by atoms with Gasteiger partial charge in [0.15, 0.2) is 0 Å². The van der Waals surface area contributed by atoms with Gasteiger partial charge < -0.3 is 16.2 Å². The fourth-order valence-electron chi connectivity index (χ4n) is 1.42. The van der Waals surface area contributed by atoms with Gasteiger partial charge in [-0.3, -0.25) is 4.79 Å². The van der Waals surface area contributed by atoms with Gasteiger partial charge in [0.1, 0.15) is 0 Å². The van der Waals surface area contributed by atoms with Gasteiger partial charge in [-0.25, -0.2) is 0 Å². The van der Waals surface area contributed by atoms with Crippen molar-refractivity contribution in [3.63, 3.8) is 0 Å². The molecule has 1 amide bonds. The zero-order chi connectivity index (χ0) is 12.6.